The topological polar surface area (TPSA) is 72.7 Å². The molecule has 4 rings (SSSR count). The molecule has 3 aromatic heterocycles. The number of hydrogen-bond acceptors (Lipinski definition) is 5. The van der Waals surface area contributed by atoms with Gasteiger partial charge in [-0.05, 0) is 18.2 Å². The van der Waals surface area contributed by atoms with Crippen LogP contribution in [0.15, 0.2) is 42.0 Å². The molecule has 0 radical (unpaired) electrons. The Kier molecular flexibility index (Phi) is 5.15. The quantitative estimate of drug-likeness (QED) is 0.407. The minimum atomic E-state index is -4.98. The van der Waals surface area contributed by atoms with Crippen LogP contribution in [0.25, 0.3) is 21.5 Å². The molecular formula is C19H11F6N5OS. The first kappa shape index (κ1) is 21.7. The van der Waals surface area contributed by atoms with Crippen molar-refractivity contribution < 1.29 is 31.1 Å². The van der Waals surface area contributed by atoms with Crippen molar-refractivity contribution in [1.82, 2.24) is 19.7 Å². The SMILES string of the molecule is Cn1nc(-c2cccc3scnc23)c(C(F)(F)F)c1C(=O)Nc1ccnc(C(F)(F)F)c1. The Morgan fingerprint density at radius 2 is 1.81 bits per heavy atom. The predicted octanol–water partition coefficient (Wildman–Crippen LogP) is 5.38. The van der Waals surface area contributed by atoms with Crippen LogP contribution in [0.5, 0.6) is 0 Å². The Morgan fingerprint density at radius 3 is 2.50 bits per heavy atom. The summed E-state index contributed by atoms with van der Waals surface area (Å²) in [4.78, 5) is 20.0. The Bertz CT molecular complexity index is 1320. The number of fused-ring (bicyclic) bond motifs is 1. The number of aromatic nitrogens is 4. The van der Waals surface area contributed by atoms with E-state index >= 15 is 0 Å². The van der Waals surface area contributed by atoms with E-state index in [1.54, 1.807) is 12.1 Å². The third-order valence-electron chi connectivity index (χ3n) is 4.47. The number of anilines is 1. The number of carbonyl (C=O) groups excluding carboxylic acids is 1. The molecule has 0 unspecified atom stereocenters. The molecule has 0 aliphatic heterocycles. The molecule has 0 aliphatic rings. The van der Waals surface area contributed by atoms with E-state index in [1.165, 1.54) is 22.9 Å². The number of benzene rings is 1. The summed E-state index contributed by atoms with van der Waals surface area (Å²) >= 11 is 1.23. The van der Waals surface area contributed by atoms with Crippen LogP contribution in [0.4, 0.5) is 32.0 Å². The molecule has 0 atom stereocenters. The van der Waals surface area contributed by atoms with Crippen LogP contribution in [0.3, 0.4) is 0 Å². The smallest absolute Gasteiger partial charge is 0.321 e. The Balaban J connectivity index is 1.82. The number of nitrogens with one attached hydrogen (secondary N) is 1. The molecule has 13 heteroatoms. The lowest BCUT2D eigenvalue weighted by Crippen LogP contribution is -2.21. The van der Waals surface area contributed by atoms with E-state index < -0.39 is 40.9 Å². The Labute approximate surface area is 179 Å². The summed E-state index contributed by atoms with van der Waals surface area (Å²) in [6.45, 7) is 0. The predicted molar refractivity (Wildman–Crippen MR) is 104 cm³/mol. The first-order valence-corrected chi connectivity index (χ1v) is 9.66. The van der Waals surface area contributed by atoms with Crippen LogP contribution in [0.1, 0.15) is 21.7 Å². The van der Waals surface area contributed by atoms with E-state index in [9.17, 15) is 31.1 Å². The number of aryl methyl sites for hydroxylation is 1. The number of carbonyl (C=O) groups is 1. The van der Waals surface area contributed by atoms with E-state index in [2.05, 4.69) is 20.4 Å². The zero-order valence-corrected chi connectivity index (χ0v) is 16.7. The summed E-state index contributed by atoms with van der Waals surface area (Å²) in [7, 11) is 1.14. The first-order valence-electron chi connectivity index (χ1n) is 8.78. The van der Waals surface area contributed by atoms with E-state index in [-0.39, 0.29) is 16.8 Å². The molecular weight excluding hydrogens is 460 g/mol. The fraction of sp³-hybridized carbons (Fsp3) is 0.158. The molecule has 3 heterocycles. The first-order chi connectivity index (χ1) is 15.0. The standard InChI is InChI=1S/C19H11F6N5OS/c1-30-16(17(31)28-9-5-6-26-12(7-9)18(20,21)22)13(19(23,24)25)15(29-30)10-3-2-4-11-14(10)27-8-32-11/h2-8H,1H3,(H,26,28,31). The van der Waals surface area contributed by atoms with E-state index in [4.69, 9.17) is 0 Å². The van der Waals surface area contributed by atoms with E-state index in [0.29, 0.717) is 10.8 Å². The fourth-order valence-corrected chi connectivity index (χ4v) is 3.88. The zero-order valence-electron chi connectivity index (χ0n) is 15.9. The Hall–Kier alpha value is -3.48. The summed E-state index contributed by atoms with van der Waals surface area (Å²) in [5.74, 6) is -1.27. The third kappa shape index (κ3) is 3.90. The number of para-hydroxylation sites is 1. The van der Waals surface area contributed by atoms with Gasteiger partial charge in [0.1, 0.15) is 22.6 Å². The van der Waals surface area contributed by atoms with Crippen LogP contribution in [-0.2, 0) is 19.4 Å². The largest absolute Gasteiger partial charge is 0.433 e. The van der Waals surface area contributed by atoms with E-state index in [0.717, 1.165) is 24.0 Å². The van der Waals surface area contributed by atoms with Crippen LogP contribution in [0, 0.1) is 0 Å². The number of pyridine rings is 1. The average Bonchev–Trinajstić information content (AvgIpc) is 3.31. The van der Waals surface area contributed by atoms with Crippen molar-refractivity contribution >= 4 is 33.1 Å². The number of nitrogens with zero attached hydrogens (tertiary/aromatic N) is 4. The highest BCUT2D eigenvalue weighted by molar-refractivity contribution is 7.16. The summed E-state index contributed by atoms with van der Waals surface area (Å²) < 4.78 is 82.1. The molecule has 0 spiro atoms. The van der Waals surface area contributed by atoms with Crippen molar-refractivity contribution in [2.45, 2.75) is 12.4 Å². The summed E-state index contributed by atoms with van der Waals surface area (Å²) in [6.07, 6.45) is -8.98. The maximum atomic E-state index is 14.0. The summed E-state index contributed by atoms with van der Waals surface area (Å²) in [5.41, 5.74) is -2.51. The van der Waals surface area contributed by atoms with Crippen molar-refractivity contribution in [3.63, 3.8) is 0 Å². The number of hydrogen-bond donors (Lipinski definition) is 1. The molecule has 166 valence electrons. The number of amides is 1. The van der Waals surface area contributed by atoms with Crippen molar-refractivity contribution in [2.24, 2.45) is 7.05 Å². The number of thiazole rings is 1. The van der Waals surface area contributed by atoms with Crippen LogP contribution in [0.2, 0.25) is 0 Å². The van der Waals surface area contributed by atoms with Crippen molar-refractivity contribution in [1.29, 1.82) is 0 Å². The molecule has 6 nitrogen and oxygen atoms in total. The highest BCUT2D eigenvalue weighted by Crippen LogP contribution is 2.41. The molecule has 4 aromatic rings. The molecule has 0 aliphatic carbocycles. The van der Waals surface area contributed by atoms with Gasteiger partial charge in [0.05, 0.1) is 15.7 Å². The summed E-state index contributed by atoms with van der Waals surface area (Å²) in [5, 5.41) is 5.97. The van der Waals surface area contributed by atoms with Crippen LogP contribution < -0.4 is 5.32 Å². The maximum Gasteiger partial charge on any atom is 0.433 e. The minimum absolute atomic E-state index is 0.0778. The van der Waals surface area contributed by atoms with Crippen LogP contribution >= 0.6 is 11.3 Å². The maximum absolute atomic E-state index is 14.0. The number of rotatable bonds is 3. The Morgan fingerprint density at radius 1 is 1.06 bits per heavy atom. The van der Waals surface area contributed by atoms with Crippen molar-refractivity contribution in [2.75, 3.05) is 5.32 Å². The molecule has 32 heavy (non-hydrogen) atoms. The monoisotopic (exact) mass is 471 g/mol. The molecule has 1 N–H and O–H groups in total. The van der Waals surface area contributed by atoms with Gasteiger partial charge in [-0.1, -0.05) is 12.1 Å². The van der Waals surface area contributed by atoms with Crippen molar-refractivity contribution in [3.8, 4) is 11.3 Å². The van der Waals surface area contributed by atoms with Gasteiger partial charge in [-0.2, -0.15) is 31.4 Å². The van der Waals surface area contributed by atoms with Gasteiger partial charge in [0.2, 0.25) is 0 Å². The zero-order chi connectivity index (χ0) is 23.3. The molecule has 0 saturated heterocycles. The van der Waals surface area contributed by atoms with Crippen LogP contribution in [-0.4, -0.2) is 25.7 Å². The van der Waals surface area contributed by atoms with Gasteiger partial charge in [-0.25, -0.2) is 4.98 Å². The minimum Gasteiger partial charge on any atom is -0.321 e. The van der Waals surface area contributed by atoms with Crippen molar-refractivity contribution in [3.05, 3.63) is 59.0 Å². The number of halogens is 6. The van der Waals surface area contributed by atoms with Gasteiger partial charge in [-0.3, -0.25) is 14.5 Å². The molecule has 1 aromatic carbocycles. The second-order valence-electron chi connectivity index (χ2n) is 6.58. The molecule has 0 fully saturated rings. The van der Waals surface area contributed by atoms with Gasteiger partial charge < -0.3 is 5.32 Å². The van der Waals surface area contributed by atoms with E-state index in [1.807, 2.05) is 0 Å². The highest BCUT2D eigenvalue weighted by Gasteiger charge is 2.42. The lowest BCUT2D eigenvalue weighted by Gasteiger charge is -2.12. The van der Waals surface area contributed by atoms with Gasteiger partial charge in [0, 0.05) is 24.5 Å². The van der Waals surface area contributed by atoms with Gasteiger partial charge in [-0.15, -0.1) is 11.3 Å². The molecule has 0 saturated carbocycles. The highest BCUT2D eigenvalue weighted by atomic mass is 32.1. The normalized spacial score (nSPS) is 12.3. The average molecular weight is 471 g/mol. The third-order valence-corrected chi connectivity index (χ3v) is 5.26. The van der Waals surface area contributed by atoms with Gasteiger partial charge >= 0.3 is 12.4 Å². The molecule has 0 bridgehead atoms. The second-order valence-corrected chi connectivity index (χ2v) is 7.47. The lowest BCUT2D eigenvalue weighted by molar-refractivity contribution is -0.141. The summed E-state index contributed by atoms with van der Waals surface area (Å²) in [6, 6.07) is 6.19. The molecule has 1 amide bonds. The fourth-order valence-electron chi connectivity index (χ4n) is 3.17. The lowest BCUT2D eigenvalue weighted by atomic mass is 10.0. The van der Waals surface area contributed by atoms with Gasteiger partial charge in [0.15, 0.2) is 0 Å². The second kappa shape index (κ2) is 7.58. The van der Waals surface area contributed by atoms with Gasteiger partial charge in [0.25, 0.3) is 5.91 Å². The number of alkyl halides is 6.